The molecule has 4 rings (SSSR count). The molecule has 0 unspecified atom stereocenters. The molecular weight excluding hydrogens is 491 g/mol. The fourth-order valence-corrected chi connectivity index (χ4v) is 5.04. The number of rotatable bonds is 6. The van der Waals surface area contributed by atoms with E-state index in [-0.39, 0.29) is 12.5 Å². The Kier molecular flexibility index (Phi) is 7.26. The third kappa shape index (κ3) is 5.99. The molecule has 0 aromatic heterocycles. The van der Waals surface area contributed by atoms with E-state index >= 15 is 0 Å². The van der Waals surface area contributed by atoms with E-state index in [1.807, 2.05) is 35.2 Å². The molecule has 1 fully saturated rings. The molecule has 36 heavy (non-hydrogen) atoms. The minimum atomic E-state index is -4.41. The van der Waals surface area contributed by atoms with Crippen molar-refractivity contribution in [3.05, 3.63) is 95.6 Å². The number of piperazine rings is 1. The topological polar surface area (TPSA) is 60.9 Å². The molecule has 190 valence electrons. The lowest BCUT2D eigenvalue weighted by Crippen LogP contribution is -2.48. The molecule has 0 bridgehead atoms. The van der Waals surface area contributed by atoms with Crippen molar-refractivity contribution in [3.63, 3.8) is 0 Å². The summed E-state index contributed by atoms with van der Waals surface area (Å²) in [6.07, 6.45) is -3.27. The summed E-state index contributed by atoms with van der Waals surface area (Å²) < 4.78 is 65.2. The Morgan fingerprint density at radius 2 is 1.53 bits per heavy atom. The van der Waals surface area contributed by atoms with E-state index in [0.717, 1.165) is 24.0 Å². The normalized spacial score (nSPS) is 14.6. The van der Waals surface area contributed by atoms with Crippen LogP contribution >= 0.6 is 0 Å². The lowest BCUT2D eigenvalue weighted by Gasteiger charge is -2.36. The second kappa shape index (κ2) is 10.2. The van der Waals surface area contributed by atoms with E-state index in [0.29, 0.717) is 43.1 Å². The number of anilines is 2. The molecule has 3 aromatic carbocycles. The fourth-order valence-electron chi connectivity index (χ4n) is 4.15. The van der Waals surface area contributed by atoms with Crippen LogP contribution in [-0.2, 0) is 22.7 Å². The van der Waals surface area contributed by atoms with Crippen LogP contribution in [0.5, 0.6) is 0 Å². The summed E-state index contributed by atoms with van der Waals surface area (Å²) >= 11 is 0. The lowest BCUT2D eigenvalue weighted by molar-refractivity contribution is -0.137. The number of carbonyl (C=O) groups is 1. The Morgan fingerprint density at radius 1 is 0.889 bits per heavy atom. The second-order valence-electron chi connectivity index (χ2n) is 8.63. The zero-order valence-electron chi connectivity index (χ0n) is 19.6. The van der Waals surface area contributed by atoms with Crippen LogP contribution in [0.4, 0.5) is 24.5 Å². The van der Waals surface area contributed by atoms with Crippen LogP contribution in [0.2, 0.25) is 0 Å². The molecule has 0 N–H and O–H groups in total. The molecule has 10 heteroatoms. The van der Waals surface area contributed by atoms with E-state index in [1.54, 1.807) is 35.2 Å². The van der Waals surface area contributed by atoms with Crippen molar-refractivity contribution in [1.29, 1.82) is 0 Å². The summed E-state index contributed by atoms with van der Waals surface area (Å²) in [6, 6.07) is 20.8. The van der Waals surface area contributed by atoms with Crippen LogP contribution in [0.15, 0.2) is 78.9 Å². The van der Waals surface area contributed by atoms with Gasteiger partial charge in [0.25, 0.3) is 5.91 Å². The number of benzene rings is 3. The van der Waals surface area contributed by atoms with Crippen molar-refractivity contribution in [2.75, 3.05) is 41.6 Å². The third-order valence-corrected chi connectivity index (χ3v) is 7.22. The minimum Gasteiger partial charge on any atom is -0.368 e. The van der Waals surface area contributed by atoms with E-state index in [2.05, 4.69) is 0 Å². The standard InChI is InChI=1S/C26H26F3N3O3S/c1-36(34,35)32(19-20-6-3-2-4-7-20)23-12-10-21(11-13-23)25(33)31-16-14-30(15-17-31)24-9-5-8-22(18-24)26(27,28)29/h2-13,18H,14-17,19H2,1H3. The van der Waals surface area contributed by atoms with Crippen molar-refractivity contribution in [2.45, 2.75) is 12.7 Å². The molecule has 6 nitrogen and oxygen atoms in total. The van der Waals surface area contributed by atoms with Crippen molar-refractivity contribution < 1.29 is 26.4 Å². The third-order valence-electron chi connectivity index (χ3n) is 6.08. The summed E-state index contributed by atoms with van der Waals surface area (Å²) in [5.74, 6) is -0.209. The van der Waals surface area contributed by atoms with Crippen LogP contribution < -0.4 is 9.21 Å². The predicted octanol–water partition coefficient (Wildman–Crippen LogP) is 4.63. The highest BCUT2D eigenvalue weighted by Gasteiger charge is 2.31. The minimum absolute atomic E-state index is 0.171. The SMILES string of the molecule is CS(=O)(=O)N(Cc1ccccc1)c1ccc(C(=O)N2CCN(c3cccc(C(F)(F)F)c3)CC2)cc1. The highest BCUT2D eigenvalue weighted by molar-refractivity contribution is 7.92. The average molecular weight is 518 g/mol. The quantitative estimate of drug-likeness (QED) is 0.478. The van der Waals surface area contributed by atoms with Gasteiger partial charge in [0.15, 0.2) is 0 Å². The molecule has 1 amide bonds. The van der Waals surface area contributed by atoms with E-state index in [1.165, 1.54) is 10.4 Å². The largest absolute Gasteiger partial charge is 0.416 e. The smallest absolute Gasteiger partial charge is 0.368 e. The Morgan fingerprint density at radius 3 is 2.11 bits per heavy atom. The maximum absolute atomic E-state index is 13.0. The molecule has 1 heterocycles. The molecule has 0 radical (unpaired) electrons. The summed E-state index contributed by atoms with van der Waals surface area (Å²) in [4.78, 5) is 16.5. The first-order valence-electron chi connectivity index (χ1n) is 11.4. The molecule has 0 aliphatic carbocycles. The maximum atomic E-state index is 13.0. The Hall–Kier alpha value is -3.53. The molecule has 0 saturated carbocycles. The number of carbonyl (C=O) groups excluding carboxylic acids is 1. The highest BCUT2D eigenvalue weighted by Crippen LogP contribution is 2.32. The van der Waals surface area contributed by atoms with Crippen molar-refractivity contribution in [2.24, 2.45) is 0 Å². The van der Waals surface area contributed by atoms with Gasteiger partial charge in [-0.2, -0.15) is 13.2 Å². The van der Waals surface area contributed by atoms with Gasteiger partial charge in [0.05, 0.1) is 24.1 Å². The zero-order valence-corrected chi connectivity index (χ0v) is 20.5. The number of nitrogens with zero attached hydrogens (tertiary/aromatic N) is 3. The zero-order chi connectivity index (χ0) is 25.9. The molecule has 1 aliphatic rings. The van der Waals surface area contributed by atoms with Gasteiger partial charge in [-0.05, 0) is 48.0 Å². The summed E-state index contributed by atoms with van der Waals surface area (Å²) in [6.45, 7) is 1.71. The summed E-state index contributed by atoms with van der Waals surface area (Å²) in [5.41, 5.74) is 1.47. The molecule has 1 saturated heterocycles. The van der Waals surface area contributed by atoms with E-state index in [9.17, 15) is 26.4 Å². The van der Waals surface area contributed by atoms with Crippen LogP contribution in [0.25, 0.3) is 0 Å². The van der Waals surface area contributed by atoms with Crippen LogP contribution in [0.1, 0.15) is 21.5 Å². The fraction of sp³-hybridized carbons (Fsp3) is 0.269. The Bertz CT molecular complexity index is 1310. The van der Waals surface area contributed by atoms with Gasteiger partial charge in [-0.15, -0.1) is 0 Å². The number of hydrogen-bond acceptors (Lipinski definition) is 4. The number of sulfonamides is 1. The first-order valence-corrected chi connectivity index (χ1v) is 13.2. The Balaban J connectivity index is 1.42. The van der Waals surface area contributed by atoms with Gasteiger partial charge in [0.2, 0.25) is 10.0 Å². The van der Waals surface area contributed by atoms with Crippen LogP contribution in [0.3, 0.4) is 0 Å². The molecular formula is C26H26F3N3O3S. The summed E-state index contributed by atoms with van der Waals surface area (Å²) in [5, 5.41) is 0. The Labute approximate surface area is 208 Å². The average Bonchev–Trinajstić information content (AvgIpc) is 2.87. The van der Waals surface area contributed by atoms with Gasteiger partial charge in [-0.25, -0.2) is 8.42 Å². The maximum Gasteiger partial charge on any atom is 0.416 e. The molecule has 1 aliphatic heterocycles. The van der Waals surface area contributed by atoms with Gasteiger partial charge in [-0.1, -0.05) is 36.4 Å². The first-order chi connectivity index (χ1) is 17.0. The molecule has 0 atom stereocenters. The first kappa shape index (κ1) is 25.6. The van der Waals surface area contributed by atoms with Crippen molar-refractivity contribution in [3.8, 4) is 0 Å². The van der Waals surface area contributed by atoms with Gasteiger partial charge in [0.1, 0.15) is 0 Å². The highest BCUT2D eigenvalue weighted by atomic mass is 32.2. The number of amides is 1. The second-order valence-corrected chi connectivity index (χ2v) is 10.5. The van der Waals surface area contributed by atoms with Crippen molar-refractivity contribution >= 4 is 27.3 Å². The monoisotopic (exact) mass is 517 g/mol. The van der Waals surface area contributed by atoms with Gasteiger partial charge in [0, 0.05) is 37.4 Å². The number of halogens is 3. The van der Waals surface area contributed by atoms with Gasteiger partial charge < -0.3 is 9.80 Å². The number of alkyl halides is 3. The molecule has 0 spiro atoms. The van der Waals surface area contributed by atoms with Crippen LogP contribution in [0, 0.1) is 0 Å². The van der Waals surface area contributed by atoms with E-state index < -0.39 is 21.8 Å². The van der Waals surface area contributed by atoms with Gasteiger partial charge in [-0.3, -0.25) is 9.10 Å². The summed E-state index contributed by atoms with van der Waals surface area (Å²) in [7, 11) is -3.55. The predicted molar refractivity (Wildman–Crippen MR) is 133 cm³/mol. The lowest BCUT2D eigenvalue weighted by atomic mass is 10.1. The van der Waals surface area contributed by atoms with E-state index in [4.69, 9.17) is 0 Å². The van der Waals surface area contributed by atoms with Gasteiger partial charge >= 0.3 is 6.18 Å². The van der Waals surface area contributed by atoms with Crippen molar-refractivity contribution in [1.82, 2.24) is 4.90 Å². The van der Waals surface area contributed by atoms with Crippen LogP contribution in [-0.4, -0.2) is 51.7 Å². The number of hydrogen-bond donors (Lipinski definition) is 0. The molecule has 3 aromatic rings.